The first-order valence-electron chi connectivity index (χ1n) is 7.59. The minimum absolute atomic E-state index is 0.170. The van der Waals surface area contributed by atoms with Crippen LogP contribution in [-0.2, 0) is 11.2 Å². The number of para-hydroxylation sites is 1. The molecule has 0 saturated carbocycles. The smallest absolute Gasteiger partial charge is 0.228 e. The first-order valence-corrected chi connectivity index (χ1v) is 7.59. The fourth-order valence-corrected chi connectivity index (χ4v) is 3.03. The van der Waals surface area contributed by atoms with Gasteiger partial charge in [0.2, 0.25) is 5.91 Å². The summed E-state index contributed by atoms with van der Waals surface area (Å²) in [6.07, 6.45) is 3.78. The van der Waals surface area contributed by atoms with Gasteiger partial charge in [-0.15, -0.1) is 0 Å². The molecule has 1 atom stereocenters. The van der Waals surface area contributed by atoms with Crippen LogP contribution in [0.15, 0.2) is 30.3 Å². The third kappa shape index (κ3) is 2.84. The maximum Gasteiger partial charge on any atom is 0.228 e. The number of fused-ring (bicyclic) bond motifs is 1. The molecule has 0 aliphatic carbocycles. The van der Waals surface area contributed by atoms with Crippen molar-refractivity contribution in [3.8, 4) is 0 Å². The average Bonchev–Trinajstić information content (AvgIpc) is 2.48. The Morgan fingerprint density at radius 3 is 3.00 bits per heavy atom. The summed E-state index contributed by atoms with van der Waals surface area (Å²) in [5, 5.41) is 1.01. The normalized spacial score (nSPS) is 18.9. The van der Waals surface area contributed by atoms with E-state index >= 15 is 0 Å². The number of carbonyl (C=O) groups excluding carboxylic acids is 1. The van der Waals surface area contributed by atoms with Crippen LogP contribution in [-0.4, -0.2) is 28.4 Å². The van der Waals surface area contributed by atoms with Crippen LogP contribution >= 0.6 is 0 Å². The van der Waals surface area contributed by atoms with Crippen molar-refractivity contribution in [3.63, 3.8) is 0 Å². The van der Waals surface area contributed by atoms with Gasteiger partial charge in [-0.1, -0.05) is 18.2 Å². The predicted octanol–water partition coefficient (Wildman–Crippen LogP) is 2.76. The lowest BCUT2D eigenvalue weighted by Gasteiger charge is -2.33. The van der Waals surface area contributed by atoms with Crippen molar-refractivity contribution in [3.05, 3.63) is 36.0 Å². The number of likely N-dealkylation sites (tertiary alicyclic amines) is 1. The van der Waals surface area contributed by atoms with E-state index in [0.29, 0.717) is 18.2 Å². The molecule has 0 radical (unpaired) electrons. The van der Waals surface area contributed by atoms with Crippen molar-refractivity contribution in [2.45, 2.75) is 38.6 Å². The second kappa shape index (κ2) is 5.72. The predicted molar refractivity (Wildman–Crippen MR) is 84.9 cm³/mol. The molecule has 1 amide bonds. The molecular formula is C17H21N3O. The van der Waals surface area contributed by atoms with E-state index in [4.69, 9.17) is 5.73 Å². The van der Waals surface area contributed by atoms with Gasteiger partial charge < -0.3 is 10.6 Å². The summed E-state index contributed by atoms with van der Waals surface area (Å²) in [6, 6.07) is 10.00. The summed E-state index contributed by atoms with van der Waals surface area (Å²) >= 11 is 0. The summed E-state index contributed by atoms with van der Waals surface area (Å²) < 4.78 is 0. The third-order valence-electron chi connectivity index (χ3n) is 4.26. The molecule has 4 nitrogen and oxygen atoms in total. The number of piperidine rings is 1. The summed E-state index contributed by atoms with van der Waals surface area (Å²) in [5.74, 6) is 0.170. The Morgan fingerprint density at radius 2 is 2.19 bits per heavy atom. The second-order valence-corrected chi connectivity index (χ2v) is 5.83. The highest BCUT2D eigenvalue weighted by Gasteiger charge is 2.23. The number of hydrogen-bond donors (Lipinski definition) is 1. The minimum atomic E-state index is 0.170. The molecule has 2 heterocycles. The van der Waals surface area contributed by atoms with Gasteiger partial charge in [0.15, 0.2) is 0 Å². The van der Waals surface area contributed by atoms with Gasteiger partial charge in [0.25, 0.3) is 0 Å². The monoisotopic (exact) mass is 283 g/mol. The lowest BCUT2D eigenvalue weighted by molar-refractivity contribution is -0.133. The Bertz CT molecular complexity index is 668. The molecule has 4 heteroatoms. The zero-order chi connectivity index (χ0) is 14.8. The molecule has 3 rings (SSSR count). The van der Waals surface area contributed by atoms with Crippen molar-refractivity contribution in [2.75, 3.05) is 12.3 Å². The number of pyridine rings is 1. The number of nitrogens with zero attached hydrogens (tertiary/aromatic N) is 2. The summed E-state index contributed by atoms with van der Waals surface area (Å²) in [4.78, 5) is 19.0. The molecule has 110 valence electrons. The van der Waals surface area contributed by atoms with Crippen molar-refractivity contribution in [2.24, 2.45) is 0 Å². The molecule has 1 unspecified atom stereocenters. The van der Waals surface area contributed by atoms with E-state index < -0.39 is 0 Å². The third-order valence-corrected chi connectivity index (χ3v) is 4.26. The number of aromatic nitrogens is 1. The van der Waals surface area contributed by atoms with E-state index in [1.54, 1.807) is 0 Å². The average molecular weight is 283 g/mol. The molecule has 0 spiro atoms. The zero-order valence-electron chi connectivity index (χ0n) is 12.4. The molecule has 0 bridgehead atoms. The molecular weight excluding hydrogens is 262 g/mol. The Kier molecular flexibility index (Phi) is 3.78. The zero-order valence-corrected chi connectivity index (χ0v) is 12.4. The van der Waals surface area contributed by atoms with Crippen LogP contribution in [0.4, 0.5) is 5.69 Å². The molecule has 1 aliphatic heterocycles. The van der Waals surface area contributed by atoms with Gasteiger partial charge in [-0.2, -0.15) is 0 Å². The van der Waals surface area contributed by atoms with Crippen LogP contribution in [0.5, 0.6) is 0 Å². The fourth-order valence-electron chi connectivity index (χ4n) is 3.03. The summed E-state index contributed by atoms with van der Waals surface area (Å²) in [5.41, 5.74) is 8.20. The molecule has 1 aromatic carbocycles. The van der Waals surface area contributed by atoms with Gasteiger partial charge in [0, 0.05) is 18.0 Å². The van der Waals surface area contributed by atoms with E-state index in [1.165, 1.54) is 6.42 Å². The first kappa shape index (κ1) is 13.9. The van der Waals surface area contributed by atoms with Gasteiger partial charge in [0.1, 0.15) is 0 Å². The highest BCUT2D eigenvalue weighted by molar-refractivity contribution is 5.89. The van der Waals surface area contributed by atoms with Crippen LogP contribution in [0, 0.1) is 0 Å². The van der Waals surface area contributed by atoms with Gasteiger partial charge in [0.05, 0.1) is 23.3 Å². The van der Waals surface area contributed by atoms with Crippen LogP contribution in [0.1, 0.15) is 31.9 Å². The largest absolute Gasteiger partial charge is 0.397 e. The molecule has 1 aromatic heterocycles. The van der Waals surface area contributed by atoms with Gasteiger partial charge in [-0.3, -0.25) is 9.78 Å². The second-order valence-electron chi connectivity index (χ2n) is 5.83. The number of nitrogen functional groups attached to an aromatic ring is 1. The maximum absolute atomic E-state index is 12.5. The van der Waals surface area contributed by atoms with Crippen LogP contribution in [0.2, 0.25) is 0 Å². The highest BCUT2D eigenvalue weighted by Crippen LogP contribution is 2.21. The van der Waals surface area contributed by atoms with E-state index in [-0.39, 0.29) is 5.91 Å². The number of nitrogens with two attached hydrogens (primary N) is 1. The standard InChI is InChI=1S/C17H21N3O/c1-12-5-2-3-10-20(12)16(21)11-14-9-8-13-6-4-7-15(18)17(13)19-14/h4,6-9,12H,2-3,5,10-11,18H2,1H3. The molecule has 1 saturated heterocycles. The van der Waals surface area contributed by atoms with Gasteiger partial charge in [-0.05, 0) is 38.3 Å². The Balaban J connectivity index is 1.81. The summed E-state index contributed by atoms with van der Waals surface area (Å²) in [7, 11) is 0. The quantitative estimate of drug-likeness (QED) is 0.862. The van der Waals surface area contributed by atoms with Crippen LogP contribution in [0.25, 0.3) is 10.9 Å². The highest BCUT2D eigenvalue weighted by atomic mass is 16.2. The van der Waals surface area contributed by atoms with E-state index in [0.717, 1.165) is 36.0 Å². The Hall–Kier alpha value is -2.10. The fraction of sp³-hybridized carbons (Fsp3) is 0.412. The Morgan fingerprint density at radius 1 is 1.33 bits per heavy atom. The number of benzene rings is 1. The van der Waals surface area contributed by atoms with Crippen molar-refractivity contribution in [1.82, 2.24) is 9.88 Å². The lowest BCUT2D eigenvalue weighted by Crippen LogP contribution is -2.42. The Labute approximate surface area is 125 Å². The van der Waals surface area contributed by atoms with Crippen molar-refractivity contribution >= 4 is 22.5 Å². The SMILES string of the molecule is CC1CCCCN1C(=O)Cc1ccc2cccc(N)c2n1. The van der Waals surface area contributed by atoms with E-state index in [2.05, 4.69) is 11.9 Å². The van der Waals surface area contributed by atoms with Gasteiger partial charge in [-0.25, -0.2) is 0 Å². The first-order chi connectivity index (χ1) is 10.1. The maximum atomic E-state index is 12.5. The number of carbonyl (C=O) groups is 1. The molecule has 2 aromatic rings. The van der Waals surface area contributed by atoms with E-state index in [1.807, 2.05) is 35.2 Å². The molecule has 2 N–H and O–H groups in total. The topological polar surface area (TPSA) is 59.2 Å². The van der Waals surface area contributed by atoms with E-state index in [9.17, 15) is 4.79 Å². The van der Waals surface area contributed by atoms with Crippen LogP contribution in [0.3, 0.4) is 0 Å². The lowest BCUT2D eigenvalue weighted by atomic mass is 10.0. The number of amides is 1. The molecule has 1 aliphatic rings. The van der Waals surface area contributed by atoms with Crippen LogP contribution < -0.4 is 5.73 Å². The minimum Gasteiger partial charge on any atom is -0.397 e. The molecule has 1 fully saturated rings. The van der Waals surface area contributed by atoms with Crippen molar-refractivity contribution < 1.29 is 4.79 Å². The summed E-state index contributed by atoms with van der Waals surface area (Å²) in [6.45, 7) is 3.00. The van der Waals surface area contributed by atoms with Gasteiger partial charge >= 0.3 is 0 Å². The number of hydrogen-bond acceptors (Lipinski definition) is 3. The molecule has 21 heavy (non-hydrogen) atoms. The number of rotatable bonds is 2. The number of anilines is 1. The van der Waals surface area contributed by atoms with Crippen molar-refractivity contribution in [1.29, 1.82) is 0 Å².